The van der Waals surface area contributed by atoms with Gasteiger partial charge in [0.1, 0.15) is 0 Å². The first kappa shape index (κ1) is 18.3. The molecule has 0 aromatic heterocycles. The van der Waals surface area contributed by atoms with Crippen LogP contribution in [-0.4, -0.2) is 49.2 Å². The first-order chi connectivity index (χ1) is 8.06. The lowest BCUT2D eigenvalue weighted by atomic mass is 10.1. The Labute approximate surface area is 99.5 Å². The Morgan fingerprint density at radius 3 is 1.42 bits per heavy atom. The van der Waals surface area contributed by atoms with Crippen LogP contribution in [0.1, 0.15) is 0 Å². The molecule has 116 valence electrons. The topological polar surface area (TPSA) is 54.4 Å². The number of halogens is 9. The summed E-state index contributed by atoms with van der Waals surface area (Å²) in [5.41, 5.74) is 0. The molecule has 0 saturated heterocycles. The molecule has 0 aliphatic carbocycles. The Hall–Kier alpha value is -0.720. The molecule has 0 aliphatic rings. The predicted molar refractivity (Wildman–Crippen MR) is 41.8 cm³/mol. The first-order valence-electron chi connectivity index (χ1n) is 4.09. The van der Waals surface area contributed by atoms with Gasteiger partial charge in [-0.3, -0.25) is 0 Å². The van der Waals surface area contributed by atoms with Gasteiger partial charge >= 0.3 is 23.3 Å². The van der Waals surface area contributed by atoms with Crippen molar-refractivity contribution >= 4 is 9.84 Å². The van der Waals surface area contributed by atoms with E-state index >= 15 is 0 Å². The minimum absolute atomic E-state index is 1.66. The molecule has 0 bridgehead atoms. The van der Waals surface area contributed by atoms with Gasteiger partial charge in [-0.15, -0.1) is 0 Å². The minimum atomic E-state index is -7.27. The molecule has 13 heteroatoms. The van der Waals surface area contributed by atoms with Crippen molar-refractivity contribution in [3.05, 3.63) is 0 Å². The average molecular weight is 328 g/mol. The molecule has 0 fully saturated rings. The average Bonchev–Trinajstić information content (AvgIpc) is 2.14. The summed E-state index contributed by atoms with van der Waals surface area (Å²) >= 11 is 0. The largest absolute Gasteiger partial charge is 0.460 e. The zero-order valence-electron chi connectivity index (χ0n) is 8.49. The van der Waals surface area contributed by atoms with Crippen LogP contribution in [0.2, 0.25) is 0 Å². The number of sulfone groups is 1. The molecule has 0 saturated carbocycles. The highest BCUT2D eigenvalue weighted by atomic mass is 32.2. The van der Waals surface area contributed by atoms with E-state index in [2.05, 4.69) is 0 Å². The van der Waals surface area contributed by atoms with Crippen molar-refractivity contribution in [2.45, 2.75) is 23.3 Å². The van der Waals surface area contributed by atoms with Gasteiger partial charge in [0.05, 0.1) is 12.4 Å². The number of hydrogen-bond acceptors (Lipinski definition) is 3. The van der Waals surface area contributed by atoms with E-state index in [0.717, 1.165) is 0 Å². The maximum Gasteiger partial charge on any atom is 0.460 e. The number of alkyl halides is 9. The van der Waals surface area contributed by atoms with Crippen molar-refractivity contribution in [2.24, 2.45) is 0 Å². The lowest BCUT2D eigenvalue weighted by Crippen LogP contribution is -2.63. The summed E-state index contributed by atoms with van der Waals surface area (Å²) in [6.07, 6.45) is -7.09. The predicted octanol–water partition coefficient (Wildman–Crippen LogP) is 1.82. The third kappa shape index (κ3) is 2.61. The maximum atomic E-state index is 12.8. The van der Waals surface area contributed by atoms with Crippen molar-refractivity contribution in [1.29, 1.82) is 0 Å². The molecule has 0 aromatic carbocycles. The molecule has 0 aromatic rings. The zero-order chi connectivity index (χ0) is 15.9. The summed E-state index contributed by atoms with van der Waals surface area (Å²) in [5.74, 6) is -16.6. The highest BCUT2D eigenvalue weighted by Gasteiger charge is 2.84. The first-order valence-corrected chi connectivity index (χ1v) is 5.75. The van der Waals surface area contributed by atoms with Crippen LogP contribution in [0.5, 0.6) is 0 Å². The molecule has 3 nitrogen and oxygen atoms in total. The molecule has 0 rings (SSSR count). The third-order valence-electron chi connectivity index (χ3n) is 1.87. The van der Waals surface area contributed by atoms with E-state index < -0.39 is 45.5 Å². The van der Waals surface area contributed by atoms with Gasteiger partial charge in [-0.2, -0.15) is 39.5 Å². The van der Waals surface area contributed by atoms with Gasteiger partial charge in [0.2, 0.25) is 9.84 Å². The summed E-state index contributed by atoms with van der Waals surface area (Å²) in [6.45, 7) is -1.66. The molecule has 0 unspecified atom stereocenters. The molecule has 0 aliphatic heterocycles. The molecule has 0 atom stereocenters. The van der Waals surface area contributed by atoms with Gasteiger partial charge in [0.25, 0.3) is 0 Å². The summed E-state index contributed by atoms with van der Waals surface area (Å²) in [5, 5.41) is 1.32. The molecule has 19 heavy (non-hydrogen) atoms. The van der Waals surface area contributed by atoms with E-state index in [9.17, 15) is 47.9 Å². The fraction of sp³-hybridized carbons (Fsp3) is 1.00. The maximum absolute atomic E-state index is 12.8. The molecule has 0 heterocycles. The lowest BCUT2D eigenvalue weighted by molar-refractivity contribution is -0.382. The van der Waals surface area contributed by atoms with E-state index in [1.165, 1.54) is 0 Å². The van der Waals surface area contributed by atoms with Crippen LogP contribution < -0.4 is 0 Å². The molecular formula is C6H5F9O3S. The summed E-state index contributed by atoms with van der Waals surface area (Å²) in [6, 6.07) is 0. The quantitative estimate of drug-likeness (QED) is 0.784. The number of hydrogen-bond donors (Lipinski definition) is 1. The van der Waals surface area contributed by atoms with Gasteiger partial charge < -0.3 is 5.11 Å². The highest BCUT2D eigenvalue weighted by molar-refractivity contribution is 7.92. The van der Waals surface area contributed by atoms with Crippen molar-refractivity contribution in [1.82, 2.24) is 0 Å². The van der Waals surface area contributed by atoms with Crippen LogP contribution >= 0.6 is 0 Å². The van der Waals surface area contributed by atoms with Crippen molar-refractivity contribution in [3.63, 3.8) is 0 Å². The van der Waals surface area contributed by atoms with E-state index in [1.54, 1.807) is 0 Å². The van der Waals surface area contributed by atoms with Crippen molar-refractivity contribution in [3.8, 4) is 0 Å². The third-order valence-corrected chi connectivity index (χ3v) is 3.62. The molecule has 0 amide bonds. The lowest BCUT2D eigenvalue weighted by Gasteiger charge is -2.32. The Kier molecular flexibility index (Phi) is 4.50. The van der Waals surface area contributed by atoms with Crippen LogP contribution in [0.4, 0.5) is 39.5 Å². The van der Waals surface area contributed by atoms with Crippen molar-refractivity contribution in [2.75, 3.05) is 12.4 Å². The SMILES string of the molecule is O=S(=O)(CCO)C(F)(F)C(F)(F)C(F)(F)C(F)(F)F. The highest BCUT2D eigenvalue weighted by Crippen LogP contribution is 2.54. The Bertz CT molecular complexity index is 424. The van der Waals surface area contributed by atoms with Crippen molar-refractivity contribution < 1.29 is 53.0 Å². The zero-order valence-corrected chi connectivity index (χ0v) is 9.30. The van der Waals surface area contributed by atoms with Crippen LogP contribution in [0.25, 0.3) is 0 Å². The fourth-order valence-electron chi connectivity index (χ4n) is 0.804. The second-order valence-corrected chi connectivity index (χ2v) is 5.36. The Morgan fingerprint density at radius 1 is 0.789 bits per heavy atom. The van der Waals surface area contributed by atoms with Gasteiger partial charge in [-0.05, 0) is 0 Å². The Morgan fingerprint density at radius 2 is 1.16 bits per heavy atom. The van der Waals surface area contributed by atoms with Gasteiger partial charge in [-0.1, -0.05) is 0 Å². The van der Waals surface area contributed by atoms with Crippen LogP contribution in [0.3, 0.4) is 0 Å². The fourth-order valence-corrected chi connectivity index (χ4v) is 1.82. The number of aliphatic hydroxyl groups is 1. The molecule has 0 spiro atoms. The monoisotopic (exact) mass is 328 g/mol. The molecule has 0 radical (unpaired) electrons. The standard InChI is InChI=1S/C6H5F9O3S/c7-3(8,5(11,12)13)4(9,10)6(14,15)19(17,18)2-1-16/h16H,1-2H2. The van der Waals surface area contributed by atoms with E-state index in [1.807, 2.05) is 0 Å². The molecule has 1 N–H and O–H groups in total. The Balaban J connectivity index is 5.92. The normalized spacial score (nSPS) is 15.7. The minimum Gasteiger partial charge on any atom is -0.395 e. The van der Waals surface area contributed by atoms with Crippen LogP contribution in [-0.2, 0) is 9.84 Å². The van der Waals surface area contributed by atoms with Crippen LogP contribution in [0.15, 0.2) is 0 Å². The summed E-state index contributed by atoms with van der Waals surface area (Å²) < 4.78 is 131. The second kappa shape index (κ2) is 4.68. The summed E-state index contributed by atoms with van der Waals surface area (Å²) in [4.78, 5) is 0. The van der Waals surface area contributed by atoms with Crippen LogP contribution in [0, 0.1) is 0 Å². The molecular weight excluding hydrogens is 323 g/mol. The second-order valence-electron chi connectivity index (χ2n) is 3.21. The summed E-state index contributed by atoms with van der Waals surface area (Å²) in [7, 11) is -6.42. The van der Waals surface area contributed by atoms with Gasteiger partial charge in [0, 0.05) is 0 Å². The van der Waals surface area contributed by atoms with E-state index in [4.69, 9.17) is 5.11 Å². The van der Waals surface area contributed by atoms with Gasteiger partial charge in [-0.25, -0.2) is 8.42 Å². The van der Waals surface area contributed by atoms with E-state index in [-0.39, 0.29) is 0 Å². The number of aliphatic hydroxyl groups excluding tert-OH is 1. The smallest absolute Gasteiger partial charge is 0.395 e. The number of rotatable bonds is 5. The van der Waals surface area contributed by atoms with Gasteiger partial charge in [0.15, 0.2) is 0 Å². The van der Waals surface area contributed by atoms with E-state index in [0.29, 0.717) is 0 Å².